The van der Waals surface area contributed by atoms with E-state index < -0.39 is 0 Å². The Bertz CT molecular complexity index is 614. The standard InChI is InChI=1S/C15H14FN3/c1-2-19(13-6-4-12(16)5-7-13)15-9-11(10-17)3-8-14(15)18/h3-9H,2,18H2,1H3. The van der Waals surface area contributed by atoms with Crippen LogP contribution >= 0.6 is 0 Å². The van der Waals surface area contributed by atoms with Gasteiger partial charge in [-0.15, -0.1) is 0 Å². The van der Waals surface area contributed by atoms with E-state index in [4.69, 9.17) is 11.0 Å². The maximum Gasteiger partial charge on any atom is 0.123 e. The molecule has 0 amide bonds. The molecule has 19 heavy (non-hydrogen) atoms. The Morgan fingerprint density at radius 1 is 1.21 bits per heavy atom. The molecule has 0 aliphatic heterocycles. The number of halogens is 1. The molecule has 2 aromatic carbocycles. The molecular weight excluding hydrogens is 241 g/mol. The Labute approximate surface area is 111 Å². The zero-order chi connectivity index (χ0) is 13.8. The quantitative estimate of drug-likeness (QED) is 0.855. The van der Waals surface area contributed by atoms with Crippen LogP contribution in [0, 0.1) is 17.1 Å². The van der Waals surface area contributed by atoms with Gasteiger partial charge < -0.3 is 10.6 Å². The highest BCUT2D eigenvalue weighted by Gasteiger charge is 2.11. The van der Waals surface area contributed by atoms with Crippen LogP contribution in [-0.2, 0) is 0 Å². The number of anilines is 3. The normalized spacial score (nSPS) is 9.95. The Hall–Kier alpha value is -2.54. The lowest BCUT2D eigenvalue weighted by atomic mass is 10.1. The molecule has 0 atom stereocenters. The van der Waals surface area contributed by atoms with E-state index in [0.29, 0.717) is 17.8 Å². The molecular formula is C15H14FN3. The molecule has 0 saturated heterocycles. The number of hydrogen-bond acceptors (Lipinski definition) is 3. The minimum atomic E-state index is -0.279. The molecule has 96 valence electrons. The summed E-state index contributed by atoms with van der Waals surface area (Å²) in [6.07, 6.45) is 0. The summed E-state index contributed by atoms with van der Waals surface area (Å²) in [7, 11) is 0. The molecule has 0 spiro atoms. The number of nitrogens with zero attached hydrogens (tertiary/aromatic N) is 2. The van der Waals surface area contributed by atoms with Crippen LogP contribution in [0.2, 0.25) is 0 Å². The van der Waals surface area contributed by atoms with Crippen molar-refractivity contribution in [1.82, 2.24) is 0 Å². The highest BCUT2D eigenvalue weighted by atomic mass is 19.1. The summed E-state index contributed by atoms with van der Waals surface area (Å²) in [5, 5.41) is 8.96. The van der Waals surface area contributed by atoms with Crippen LogP contribution in [-0.4, -0.2) is 6.54 Å². The number of benzene rings is 2. The molecule has 0 unspecified atom stereocenters. The van der Waals surface area contributed by atoms with Crippen molar-refractivity contribution >= 4 is 17.1 Å². The van der Waals surface area contributed by atoms with Gasteiger partial charge in [0.2, 0.25) is 0 Å². The van der Waals surface area contributed by atoms with Crippen molar-refractivity contribution in [3.8, 4) is 6.07 Å². The molecule has 2 rings (SSSR count). The zero-order valence-corrected chi connectivity index (χ0v) is 10.6. The van der Waals surface area contributed by atoms with Crippen molar-refractivity contribution in [1.29, 1.82) is 5.26 Å². The number of nitrogen functional groups attached to an aromatic ring is 1. The molecule has 2 N–H and O–H groups in total. The minimum Gasteiger partial charge on any atom is -0.397 e. The van der Waals surface area contributed by atoms with Crippen molar-refractivity contribution in [2.24, 2.45) is 0 Å². The second kappa shape index (κ2) is 5.40. The van der Waals surface area contributed by atoms with Crippen LogP contribution in [0.3, 0.4) is 0 Å². The van der Waals surface area contributed by atoms with Crippen LogP contribution in [0.5, 0.6) is 0 Å². The van der Waals surface area contributed by atoms with Crippen molar-refractivity contribution in [2.75, 3.05) is 17.2 Å². The van der Waals surface area contributed by atoms with E-state index in [1.807, 2.05) is 11.8 Å². The fraction of sp³-hybridized carbons (Fsp3) is 0.133. The van der Waals surface area contributed by atoms with Crippen LogP contribution in [0.15, 0.2) is 42.5 Å². The highest BCUT2D eigenvalue weighted by molar-refractivity contribution is 5.76. The summed E-state index contributed by atoms with van der Waals surface area (Å²) in [4.78, 5) is 1.94. The molecule has 0 aliphatic rings. The summed E-state index contributed by atoms with van der Waals surface area (Å²) in [6, 6.07) is 13.4. The molecule has 0 saturated carbocycles. The second-order valence-corrected chi connectivity index (χ2v) is 4.11. The number of rotatable bonds is 3. The predicted octanol–water partition coefficient (Wildman–Crippen LogP) is 3.44. The molecule has 0 bridgehead atoms. The van der Waals surface area contributed by atoms with Gasteiger partial charge in [0.1, 0.15) is 5.82 Å². The van der Waals surface area contributed by atoms with E-state index in [9.17, 15) is 4.39 Å². The summed E-state index contributed by atoms with van der Waals surface area (Å²) in [6.45, 7) is 2.65. The number of hydrogen-bond donors (Lipinski definition) is 1. The zero-order valence-electron chi connectivity index (χ0n) is 10.6. The van der Waals surface area contributed by atoms with Gasteiger partial charge in [0.15, 0.2) is 0 Å². The summed E-state index contributed by atoms with van der Waals surface area (Å²) in [5.74, 6) is -0.279. The van der Waals surface area contributed by atoms with E-state index in [1.54, 1.807) is 30.3 Å². The van der Waals surface area contributed by atoms with Crippen LogP contribution in [0.25, 0.3) is 0 Å². The molecule has 0 aliphatic carbocycles. The lowest BCUT2D eigenvalue weighted by Crippen LogP contribution is -2.17. The Kier molecular flexibility index (Phi) is 3.67. The number of nitriles is 1. The van der Waals surface area contributed by atoms with E-state index in [-0.39, 0.29) is 5.82 Å². The molecule has 0 aromatic heterocycles. The van der Waals surface area contributed by atoms with Crippen molar-refractivity contribution in [3.63, 3.8) is 0 Å². The monoisotopic (exact) mass is 255 g/mol. The third-order valence-corrected chi connectivity index (χ3v) is 2.90. The van der Waals surface area contributed by atoms with Gasteiger partial charge >= 0.3 is 0 Å². The Morgan fingerprint density at radius 2 is 1.89 bits per heavy atom. The van der Waals surface area contributed by atoms with Crippen LogP contribution in [0.1, 0.15) is 12.5 Å². The maximum absolute atomic E-state index is 13.0. The summed E-state index contributed by atoms with van der Waals surface area (Å²) < 4.78 is 13.0. The van der Waals surface area contributed by atoms with Gasteiger partial charge in [0, 0.05) is 12.2 Å². The topological polar surface area (TPSA) is 53.0 Å². The van der Waals surface area contributed by atoms with Gasteiger partial charge in [0.05, 0.1) is 23.0 Å². The van der Waals surface area contributed by atoms with E-state index >= 15 is 0 Å². The average Bonchev–Trinajstić information content (AvgIpc) is 2.43. The molecule has 0 heterocycles. The lowest BCUT2D eigenvalue weighted by Gasteiger charge is -2.25. The third-order valence-electron chi connectivity index (χ3n) is 2.90. The van der Waals surface area contributed by atoms with Gasteiger partial charge in [-0.05, 0) is 49.4 Å². The van der Waals surface area contributed by atoms with Gasteiger partial charge in [-0.1, -0.05) is 0 Å². The first kappa shape index (κ1) is 12.9. The van der Waals surface area contributed by atoms with Gasteiger partial charge in [-0.3, -0.25) is 0 Å². The fourth-order valence-corrected chi connectivity index (χ4v) is 1.96. The van der Waals surface area contributed by atoms with E-state index in [0.717, 1.165) is 11.4 Å². The van der Waals surface area contributed by atoms with Crippen molar-refractivity contribution < 1.29 is 4.39 Å². The van der Waals surface area contributed by atoms with Crippen LogP contribution < -0.4 is 10.6 Å². The molecule has 4 heteroatoms. The van der Waals surface area contributed by atoms with Gasteiger partial charge in [-0.2, -0.15) is 5.26 Å². The van der Waals surface area contributed by atoms with E-state index in [1.165, 1.54) is 12.1 Å². The molecule has 0 fully saturated rings. The smallest absolute Gasteiger partial charge is 0.123 e. The fourth-order valence-electron chi connectivity index (χ4n) is 1.96. The SMILES string of the molecule is CCN(c1ccc(F)cc1)c1cc(C#N)ccc1N. The molecule has 0 radical (unpaired) electrons. The Balaban J connectivity index is 2.47. The highest BCUT2D eigenvalue weighted by Crippen LogP contribution is 2.31. The first-order valence-corrected chi connectivity index (χ1v) is 5.98. The van der Waals surface area contributed by atoms with Crippen LogP contribution in [0.4, 0.5) is 21.5 Å². The Morgan fingerprint density at radius 3 is 2.47 bits per heavy atom. The predicted molar refractivity (Wildman–Crippen MR) is 74.6 cm³/mol. The maximum atomic E-state index is 13.0. The number of nitrogens with two attached hydrogens (primary N) is 1. The largest absolute Gasteiger partial charge is 0.397 e. The first-order valence-electron chi connectivity index (χ1n) is 5.98. The van der Waals surface area contributed by atoms with Gasteiger partial charge in [-0.25, -0.2) is 4.39 Å². The third kappa shape index (κ3) is 2.66. The molecule has 2 aromatic rings. The minimum absolute atomic E-state index is 0.279. The summed E-state index contributed by atoms with van der Waals surface area (Å²) >= 11 is 0. The second-order valence-electron chi connectivity index (χ2n) is 4.11. The van der Waals surface area contributed by atoms with Gasteiger partial charge in [0.25, 0.3) is 0 Å². The average molecular weight is 255 g/mol. The first-order chi connectivity index (χ1) is 9.15. The van der Waals surface area contributed by atoms with Crippen molar-refractivity contribution in [3.05, 3.63) is 53.8 Å². The van der Waals surface area contributed by atoms with Crippen molar-refractivity contribution in [2.45, 2.75) is 6.92 Å². The summed E-state index contributed by atoms with van der Waals surface area (Å²) in [5.41, 5.74) is 8.69. The lowest BCUT2D eigenvalue weighted by molar-refractivity contribution is 0.628. The molecule has 3 nitrogen and oxygen atoms in total. The van der Waals surface area contributed by atoms with E-state index in [2.05, 4.69) is 6.07 Å².